The molecule has 2 rings (SSSR count). The van der Waals surface area contributed by atoms with E-state index in [4.69, 9.17) is 0 Å². The van der Waals surface area contributed by atoms with Gasteiger partial charge in [-0.25, -0.2) is 4.39 Å². The topological polar surface area (TPSA) is 17.1 Å². The van der Waals surface area contributed by atoms with Crippen LogP contribution in [0.15, 0.2) is 54.6 Å². The van der Waals surface area contributed by atoms with Gasteiger partial charge in [0, 0.05) is 5.56 Å². The molecule has 0 bridgehead atoms. The van der Waals surface area contributed by atoms with Gasteiger partial charge < -0.3 is 0 Å². The molecule has 0 fully saturated rings. The van der Waals surface area contributed by atoms with Crippen LogP contribution in [-0.2, 0) is 0 Å². The van der Waals surface area contributed by atoms with Crippen LogP contribution < -0.4 is 0 Å². The predicted molar refractivity (Wildman–Crippen MR) is 70.9 cm³/mol. The average molecular weight is 240 g/mol. The van der Waals surface area contributed by atoms with Crippen molar-refractivity contribution in [3.8, 4) is 0 Å². The first-order valence-corrected chi connectivity index (χ1v) is 5.71. The van der Waals surface area contributed by atoms with Gasteiger partial charge in [0.25, 0.3) is 0 Å². The van der Waals surface area contributed by atoms with Crippen LogP contribution in [0.5, 0.6) is 0 Å². The first-order chi connectivity index (χ1) is 8.68. The lowest BCUT2D eigenvalue weighted by Crippen LogP contribution is -1.99. The molecule has 0 N–H and O–H groups in total. The summed E-state index contributed by atoms with van der Waals surface area (Å²) in [6.07, 6.45) is 3.20. The van der Waals surface area contributed by atoms with Gasteiger partial charge in [0.05, 0.1) is 0 Å². The second-order valence-electron chi connectivity index (χ2n) is 4.02. The molecule has 0 amide bonds. The molecule has 0 unspecified atom stereocenters. The van der Waals surface area contributed by atoms with Crippen LogP contribution in [0.1, 0.15) is 21.5 Å². The van der Waals surface area contributed by atoms with Crippen molar-refractivity contribution >= 4 is 11.9 Å². The van der Waals surface area contributed by atoms with Gasteiger partial charge in [-0.3, -0.25) is 4.79 Å². The van der Waals surface area contributed by atoms with Gasteiger partial charge >= 0.3 is 0 Å². The van der Waals surface area contributed by atoms with Crippen molar-refractivity contribution in [2.75, 3.05) is 0 Å². The summed E-state index contributed by atoms with van der Waals surface area (Å²) in [6, 6.07) is 14.1. The number of hydrogen-bond donors (Lipinski definition) is 0. The number of hydrogen-bond acceptors (Lipinski definition) is 1. The van der Waals surface area contributed by atoms with Crippen molar-refractivity contribution in [3.63, 3.8) is 0 Å². The zero-order chi connectivity index (χ0) is 13.0. The standard InChI is InChI=1S/C16H13FO/c1-12-14(8-5-9-15(12)17)16(18)11-10-13-6-3-2-4-7-13/h2-11H,1H3. The van der Waals surface area contributed by atoms with Crippen LogP contribution in [0.4, 0.5) is 4.39 Å². The number of ketones is 1. The highest BCUT2D eigenvalue weighted by atomic mass is 19.1. The maximum Gasteiger partial charge on any atom is 0.186 e. The second kappa shape index (κ2) is 5.41. The Morgan fingerprint density at radius 3 is 2.50 bits per heavy atom. The summed E-state index contributed by atoms with van der Waals surface area (Å²) in [5.41, 5.74) is 1.74. The summed E-state index contributed by atoms with van der Waals surface area (Å²) in [7, 11) is 0. The van der Waals surface area contributed by atoms with Gasteiger partial charge in [0.1, 0.15) is 5.82 Å². The summed E-state index contributed by atoms with van der Waals surface area (Å²) in [5.74, 6) is -0.537. The number of carbonyl (C=O) groups is 1. The lowest BCUT2D eigenvalue weighted by atomic mass is 10.0. The van der Waals surface area contributed by atoms with Crippen molar-refractivity contribution < 1.29 is 9.18 Å². The number of carbonyl (C=O) groups excluding carboxylic acids is 1. The lowest BCUT2D eigenvalue weighted by molar-refractivity contribution is 0.104. The molecule has 2 aromatic rings. The van der Waals surface area contributed by atoms with Gasteiger partial charge in [0.15, 0.2) is 5.78 Å². The Bertz CT molecular complexity index is 585. The molecule has 0 aliphatic heterocycles. The molecular formula is C16H13FO. The van der Waals surface area contributed by atoms with Crippen LogP contribution in [0, 0.1) is 12.7 Å². The summed E-state index contributed by atoms with van der Waals surface area (Å²) in [5, 5.41) is 0. The number of halogens is 1. The molecule has 0 aromatic heterocycles. The summed E-state index contributed by atoms with van der Waals surface area (Å²) < 4.78 is 13.3. The smallest absolute Gasteiger partial charge is 0.186 e. The van der Waals surface area contributed by atoms with Gasteiger partial charge in [-0.2, -0.15) is 0 Å². The molecule has 90 valence electrons. The maximum atomic E-state index is 13.3. The molecule has 0 aliphatic rings. The minimum atomic E-state index is -0.353. The summed E-state index contributed by atoms with van der Waals surface area (Å²) in [4.78, 5) is 11.9. The van der Waals surface area contributed by atoms with Crippen molar-refractivity contribution in [1.29, 1.82) is 0 Å². The van der Waals surface area contributed by atoms with E-state index < -0.39 is 0 Å². The van der Waals surface area contributed by atoms with Crippen LogP contribution >= 0.6 is 0 Å². The molecule has 2 heteroatoms. The zero-order valence-corrected chi connectivity index (χ0v) is 10.1. The van der Waals surface area contributed by atoms with Crippen molar-refractivity contribution in [2.24, 2.45) is 0 Å². The first-order valence-electron chi connectivity index (χ1n) is 5.71. The van der Waals surface area contributed by atoms with Crippen LogP contribution in [0.2, 0.25) is 0 Å². The quantitative estimate of drug-likeness (QED) is 0.584. The average Bonchev–Trinajstić information content (AvgIpc) is 2.40. The van der Waals surface area contributed by atoms with Crippen molar-refractivity contribution in [2.45, 2.75) is 6.92 Å². The third-order valence-electron chi connectivity index (χ3n) is 2.76. The van der Waals surface area contributed by atoms with Gasteiger partial charge in [-0.15, -0.1) is 0 Å². The Hall–Kier alpha value is -2.22. The molecule has 0 heterocycles. The molecule has 0 saturated heterocycles. The highest BCUT2D eigenvalue weighted by molar-refractivity contribution is 6.07. The van der Waals surface area contributed by atoms with E-state index in [2.05, 4.69) is 0 Å². The SMILES string of the molecule is Cc1c(F)cccc1C(=O)C=Cc1ccccc1. The van der Waals surface area contributed by atoms with Crippen LogP contribution in [0.3, 0.4) is 0 Å². The van der Waals surface area contributed by atoms with E-state index in [0.717, 1.165) is 5.56 Å². The monoisotopic (exact) mass is 240 g/mol. The Balaban J connectivity index is 2.23. The zero-order valence-electron chi connectivity index (χ0n) is 10.1. The molecule has 0 atom stereocenters. The highest BCUT2D eigenvalue weighted by Crippen LogP contribution is 2.14. The normalized spacial score (nSPS) is 10.8. The third kappa shape index (κ3) is 2.72. The van der Waals surface area contributed by atoms with Crippen molar-refractivity contribution in [3.05, 3.63) is 77.1 Å². The van der Waals surface area contributed by atoms with E-state index in [0.29, 0.717) is 11.1 Å². The summed E-state index contributed by atoms with van der Waals surface area (Å²) >= 11 is 0. The van der Waals surface area contributed by atoms with E-state index in [-0.39, 0.29) is 11.6 Å². The van der Waals surface area contributed by atoms with E-state index in [9.17, 15) is 9.18 Å². The third-order valence-corrected chi connectivity index (χ3v) is 2.76. The fraction of sp³-hybridized carbons (Fsp3) is 0.0625. The Morgan fingerprint density at radius 1 is 1.06 bits per heavy atom. The number of benzene rings is 2. The molecule has 0 aliphatic carbocycles. The van der Waals surface area contributed by atoms with Gasteiger partial charge in [-0.05, 0) is 30.2 Å². The summed E-state index contributed by atoms with van der Waals surface area (Å²) in [6.45, 7) is 1.61. The Kier molecular flexibility index (Phi) is 3.68. The molecular weight excluding hydrogens is 227 g/mol. The van der Waals surface area contributed by atoms with Crippen LogP contribution in [0.25, 0.3) is 6.08 Å². The number of rotatable bonds is 3. The first kappa shape index (κ1) is 12.2. The number of allylic oxidation sites excluding steroid dienone is 1. The fourth-order valence-corrected chi connectivity index (χ4v) is 1.70. The predicted octanol–water partition coefficient (Wildman–Crippen LogP) is 4.03. The molecule has 1 nitrogen and oxygen atoms in total. The molecule has 0 radical (unpaired) electrons. The fourth-order valence-electron chi connectivity index (χ4n) is 1.70. The highest BCUT2D eigenvalue weighted by Gasteiger charge is 2.08. The Morgan fingerprint density at radius 2 is 1.78 bits per heavy atom. The minimum Gasteiger partial charge on any atom is -0.289 e. The second-order valence-corrected chi connectivity index (χ2v) is 4.02. The van der Waals surface area contributed by atoms with Crippen molar-refractivity contribution in [1.82, 2.24) is 0 Å². The van der Waals surface area contributed by atoms with E-state index in [1.54, 1.807) is 25.1 Å². The maximum absolute atomic E-state index is 13.3. The van der Waals surface area contributed by atoms with Gasteiger partial charge in [-0.1, -0.05) is 48.5 Å². The molecule has 0 saturated carbocycles. The molecule has 18 heavy (non-hydrogen) atoms. The van der Waals surface area contributed by atoms with E-state index >= 15 is 0 Å². The largest absolute Gasteiger partial charge is 0.289 e. The lowest BCUT2D eigenvalue weighted by Gasteiger charge is -2.02. The van der Waals surface area contributed by atoms with E-state index in [1.807, 2.05) is 30.3 Å². The van der Waals surface area contributed by atoms with Crippen LogP contribution in [-0.4, -0.2) is 5.78 Å². The minimum absolute atomic E-state index is 0.184. The molecule has 0 spiro atoms. The molecule has 2 aromatic carbocycles. The Labute approximate surface area is 106 Å². The van der Waals surface area contributed by atoms with Gasteiger partial charge in [0.2, 0.25) is 0 Å². The van der Waals surface area contributed by atoms with E-state index in [1.165, 1.54) is 12.1 Å².